The smallest absolute Gasteiger partial charge is 0.234 e. The van der Waals surface area contributed by atoms with E-state index in [0.29, 0.717) is 12.5 Å². The summed E-state index contributed by atoms with van der Waals surface area (Å²) in [5, 5.41) is 3.18. The van der Waals surface area contributed by atoms with Crippen molar-refractivity contribution in [3.8, 4) is 11.5 Å². The third-order valence-electron chi connectivity index (χ3n) is 5.55. The van der Waals surface area contributed by atoms with Gasteiger partial charge in [-0.2, -0.15) is 0 Å². The second-order valence-corrected chi connectivity index (χ2v) is 7.76. The zero-order chi connectivity index (χ0) is 20.9. The quantitative estimate of drug-likeness (QED) is 0.597. The van der Waals surface area contributed by atoms with Crippen molar-refractivity contribution in [2.45, 2.75) is 38.9 Å². The first-order valence-corrected chi connectivity index (χ1v) is 10.4. The number of nitrogens with two attached hydrogens (primary N) is 1. The van der Waals surface area contributed by atoms with Gasteiger partial charge >= 0.3 is 0 Å². The Balaban J connectivity index is 1.64. The number of carbonyl (C=O) groups excluding carboxylic acids is 1. The molecular formula is C23H28N4O3. The molecule has 1 amide bonds. The minimum Gasteiger partial charge on any atom is -0.457 e. The molecule has 3 N–H and O–H groups in total. The van der Waals surface area contributed by atoms with Crippen LogP contribution in [0.3, 0.4) is 0 Å². The van der Waals surface area contributed by atoms with E-state index in [-0.39, 0.29) is 5.91 Å². The predicted octanol–water partition coefficient (Wildman–Crippen LogP) is 3.22. The molecule has 1 aromatic heterocycles. The average molecular weight is 409 g/mol. The number of aromatic nitrogens is 2. The van der Waals surface area contributed by atoms with E-state index >= 15 is 0 Å². The Morgan fingerprint density at radius 3 is 2.73 bits per heavy atom. The summed E-state index contributed by atoms with van der Waals surface area (Å²) in [7, 11) is 0. The Hall–Kier alpha value is -2.90. The largest absolute Gasteiger partial charge is 0.457 e. The lowest BCUT2D eigenvalue weighted by Gasteiger charge is -2.24. The maximum Gasteiger partial charge on any atom is 0.234 e. The lowest BCUT2D eigenvalue weighted by Crippen LogP contribution is -2.38. The molecule has 2 heterocycles. The number of fused-ring (bicyclic) bond motifs is 1. The SMILES string of the molecule is C[C@H](NCc1nc2ccc(Oc3ccccc3)cc2n1CC1CCOCC1)C(N)=O. The molecule has 3 aromatic rings. The predicted molar refractivity (Wildman–Crippen MR) is 115 cm³/mol. The van der Waals surface area contributed by atoms with Crippen molar-refractivity contribution in [1.29, 1.82) is 0 Å². The number of nitrogens with zero attached hydrogens (tertiary/aromatic N) is 2. The molecular weight excluding hydrogens is 380 g/mol. The molecule has 30 heavy (non-hydrogen) atoms. The first-order valence-electron chi connectivity index (χ1n) is 10.4. The summed E-state index contributed by atoms with van der Waals surface area (Å²) in [5.74, 6) is 2.61. The number of hydrogen-bond acceptors (Lipinski definition) is 5. The molecule has 1 atom stereocenters. The van der Waals surface area contributed by atoms with Crippen molar-refractivity contribution in [1.82, 2.24) is 14.9 Å². The molecule has 0 unspecified atom stereocenters. The maximum atomic E-state index is 11.4. The van der Waals surface area contributed by atoms with Gasteiger partial charge < -0.3 is 19.8 Å². The van der Waals surface area contributed by atoms with Crippen molar-refractivity contribution in [2.24, 2.45) is 11.7 Å². The highest BCUT2D eigenvalue weighted by Crippen LogP contribution is 2.28. The normalized spacial score (nSPS) is 15.9. The van der Waals surface area contributed by atoms with E-state index < -0.39 is 6.04 Å². The minimum absolute atomic E-state index is 0.374. The van der Waals surface area contributed by atoms with Gasteiger partial charge in [0.15, 0.2) is 0 Å². The van der Waals surface area contributed by atoms with E-state index in [1.807, 2.05) is 48.5 Å². The average Bonchev–Trinajstić information content (AvgIpc) is 3.10. The van der Waals surface area contributed by atoms with Crippen LogP contribution in [0, 0.1) is 5.92 Å². The monoisotopic (exact) mass is 408 g/mol. The van der Waals surface area contributed by atoms with E-state index in [9.17, 15) is 4.79 Å². The molecule has 1 aliphatic heterocycles. The molecule has 1 fully saturated rings. The van der Waals surface area contributed by atoms with Gasteiger partial charge in [0, 0.05) is 25.8 Å². The van der Waals surface area contributed by atoms with E-state index in [1.54, 1.807) is 6.92 Å². The van der Waals surface area contributed by atoms with Gasteiger partial charge in [-0.25, -0.2) is 4.98 Å². The van der Waals surface area contributed by atoms with Gasteiger partial charge in [-0.05, 0) is 49.9 Å². The molecule has 0 saturated carbocycles. The Morgan fingerprint density at radius 2 is 2.00 bits per heavy atom. The van der Waals surface area contributed by atoms with Gasteiger partial charge in [0.25, 0.3) is 0 Å². The fourth-order valence-corrected chi connectivity index (χ4v) is 3.71. The number of ether oxygens (including phenoxy) is 2. The first-order chi connectivity index (χ1) is 14.6. The Bertz CT molecular complexity index is 996. The van der Waals surface area contributed by atoms with Crippen molar-refractivity contribution in [3.63, 3.8) is 0 Å². The molecule has 1 aliphatic rings. The van der Waals surface area contributed by atoms with Crippen LogP contribution < -0.4 is 15.8 Å². The number of imidazole rings is 1. The number of rotatable bonds is 8. The van der Waals surface area contributed by atoms with Gasteiger partial charge in [0.05, 0.1) is 23.6 Å². The number of benzene rings is 2. The molecule has 0 aliphatic carbocycles. The summed E-state index contributed by atoms with van der Waals surface area (Å²) in [5.41, 5.74) is 7.33. The zero-order valence-electron chi connectivity index (χ0n) is 17.2. The summed E-state index contributed by atoms with van der Waals surface area (Å²) >= 11 is 0. The van der Waals surface area contributed by atoms with Crippen LogP contribution in [0.2, 0.25) is 0 Å². The molecule has 0 radical (unpaired) electrons. The molecule has 158 valence electrons. The molecule has 1 saturated heterocycles. The van der Waals surface area contributed by atoms with Crippen LogP contribution in [0.4, 0.5) is 0 Å². The highest BCUT2D eigenvalue weighted by atomic mass is 16.5. The van der Waals surface area contributed by atoms with Crippen LogP contribution in [0.1, 0.15) is 25.6 Å². The van der Waals surface area contributed by atoms with Crippen molar-refractivity contribution in [2.75, 3.05) is 13.2 Å². The second kappa shape index (κ2) is 9.28. The van der Waals surface area contributed by atoms with Crippen molar-refractivity contribution in [3.05, 3.63) is 54.4 Å². The summed E-state index contributed by atoms with van der Waals surface area (Å²) in [6.07, 6.45) is 2.06. The van der Waals surface area contributed by atoms with Gasteiger partial charge in [-0.15, -0.1) is 0 Å². The van der Waals surface area contributed by atoms with Crippen LogP contribution in [0.5, 0.6) is 11.5 Å². The van der Waals surface area contributed by atoms with Gasteiger partial charge in [0.1, 0.15) is 17.3 Å². The third-order valence-corrected chi connectivity index (χ3v) is 5.55. The zero-order valence-corrected chi connectivity index (χ0v) is 17.2. The van der Waals surface area contributed by atoms with Crippen LogP contribution in [0.15, 0.2) is 48.5 Å². The number of primary amides is 1. The number of nitrogens with one attached hydrogen (secondary N) is 1. The van der Waals surface area contributed by atoms with Gasteiger partial charge in [-0.1, -0.05) is 18.2 Å². The summed E-state index contributed by atoms with van der Waals surface area (Å²) in [6, 6.07) is 15.3. The molecule has 7 heteroatoms. The van der Waals surface area contributed by atoms with E-state index in [1.165, 1.54) is 0 Å². The number of carbonyl (C=O) groups is 1. The van der Waals surface area contributed by atoms with Crippen LogP contribution >= 0.6 is 0 Å². The van der Waals surface area contributed by atoms with Crippen molar-refractivity contribution >= 4 is 16.9 Å². The molecule has 7 nitrogen and oxygen atoms in total. The Kier molecular flexibility index (Phi) is 6.30. The van der Waals surface area contributed by atoms with E-state index in [2.05, 4.69) is 9.88 Å². The fraction of sp³-hybridized carbons (Fsp3) is 0.391. The Morgan fingerprint density at radius 1 is 1.23 bits per heavy atom. The number of hydrogen-bond donors (Lipinski definition) is 2. The van der Waals surface area contributed by atoms with Crippen LogP contribution in [-0.4, -0.2) is 34.7 Å². The van der Waals surface area contributed by atoms with Crippen molar-refractivity contribution < 1.29 is 14.3 Å². The summed E-state index contributed by atoms with van der Waals surface area (Å²) in [4.78, 5) is 16.2. The molecule has 2 aromatic carbocycles. The molecule has 4 rings (SSSR count). The summed E-state index contributed by atoms with van der Waals surface area (Å²) in [6.45, 7) is 4.69. The minimum atomic E-state index is -0.418. The van der Waals surface area contributed by atoms with E-state index in [4.69, 9.17) is 20.2 Å². The number of amides is 1. The van der Waals surface area contributed by atoms with Crippen LogP contribution in [-0.2, 0) is 22.6 Å². The summed E-state index contributed by atoms with van der Waals surface area (Å²) < 4.78 is 13.8. The highest BCUT2D eigenvalue weighted by molar-refractivity contribution is 5.79. The number of para-hydroxylation sites is 1. The fourth-order valence-electron chi connectivity index (χ4n) is 3.71. The van der Waals surface area contributed by atoms with Crippen LogP contribution in [0.25, 0.3) is 11.0 Å². The van der Waals surface area contributed by atoms with E-state index in [0.717, 1.165) is 61.0 Å². The van der Waals surface area contributed by atoms with Gasteiger partial charge in [0.2, 0.25) is 5.91 Å². The first kappa shape index (κ1) is 20.4. The lowest BCUT2D eigenvalue weighted by molar-refractivity contribution is -0.119. The highest BCUT2D eigenvalue weighted by Gasteiger charge is 2.20. The maximum absolute atomic E-state index is 11.4. The van der Waals surface area contributed by atoms with Gasteiger partial charge in [-0.3, -0.25) is 10.1 Å². The second-order valence-electron chi connectivity index (χ2n) is 7.76. The topological polar surface area (TPSA) is 91.4 Å². The lowest BCUT2D eigenvalue weighted by atomic mass is 10.0. The molecule has 0 spiro atoms. The molecule has 0 bridgehead atoms. The standard InChI is InChI=1S/C23H28N4O3/c1-16(23(24)28)25-14-22-26-20-8-7-19(30-18-5-3-2-4-6-18)13-21(20)27(22)15-17-9-11-29-12-10-17/h2-8,13,16-17,25H,9-12,14-15H2,1H3,(H2,24,28)/t16-/m0/s1. The Labute approximate surface area is 176 Å². The third kappa shape index (κ3) is 4.80.